The first-order valence-electron chi connectivity index (χ1n) is 10.8. The van der Waals surface area contributed by atoms with Gasteiger partial charge in [0.1, 0.15) is 5.78 Å². The van der Waals surface area contributed by atoms with Crippen LogP contribution in [0.5, 0.6) is 0 Å². The third-order valence-corrected chi connectivity index (χ3v) is 6.12. The number of ether oxygens (including phenoxy) is 1. The Balaban J connectivity index is 1.18. The minimum absolute atomic E-state index is 0.0958. The monoisotopic (exact) mass is 391 g/mol. The molecule has 152 valence electrons. The number of Topliss-reactive ketones (excluding diaryl/α,β-unsaturated/α-hetero) is 1. The van der Waals surface area contributed by atoms with Crippen LogP contribution in [0.3, 0.4) is 0 Å². The van der Waals surface area contributed by atoms with Crippen LogP contribution in [-0.2, 0) is 20.7 Å². The lowest BCUT2D eigenvalue weighted by molar-refractivity contribution is -0.143. The molecule has 4 rings (SSSR count). The van der Waals surface area contributed by atoms with Gasteiger partial charge in [-0.05, 0) is 29.5 Å². The van der Waals surface area contributed by atoms with Gasteiger partial charge in [-0.3, -0.25) is 9.59 Å². The standard InChI is InChI=1S/C25H29NO3/c27-23-10-6-2-5-9-21(23)25-22(26-25)17-24(28)29-16-15-18-11-13-20(14-12-18)19-7-3-1-4-8-19/h1,3-4,7-8,11-14,21-22,25-26H,2,5-6,9-10,15-17H2. The van der Waals surface area contributed by atoms with Gasteiger partial charge in [0.15, 0.2) is 0 Å². The molecule has 0 radical (unpaired) electrons. The third-order valence-electron chi connectivity index (χ3n) is 6.12. The van der Waals surface area contributed by atoms with E-state index in [0.717, 1.165) is 31.2 Å². The largest absolute Gasteiger partial charge is 0.465 e. The fourth-order valence-electron chi connectivity index (χ4n) is 4.36. The molecule has 1 saturated carbocycles. The van der Waals surface area contributed by atoms with Gasteiger partial charge >= 0.3 is 5.97 Å². The summed E-state index contributed by atoms with van der Waals surface area (Å²) in [6.07, 6.45) is 6.01. The third kappa shape index (κ3) is 5.33. The maximum Gasteiger partial charge on any atom is 0.307 e. The smallest absolute Gasteiger partial charge is 0.307 e. The maximum atomic E-state index is 12.2. The number of hydrogen-bond donors (Lipinski definition) is 1. The molecule has 0 aromatic heterocycles. The number of carbonyl (C=O) groups excluding carboxylic acids is 2. The molecule has 3 unspecified atom stereocenters. The van der Waals surface area contributed by atoms with E-state index in [-0.39, 0.29) is 24.0 Å². The van der Waals surface area contributed by atoms with Crippen molar-refractivity contribution in [1.82, 2.24) is 5.32 Å². The van der Waals surface area contributed by atoms with Crippen LogP contribution in [0.25, 0.3) is 11.1 Å². The number of carbonyl (C=O) groups is 2. The SMILES string of the molecule is O=C(CC1NC1C1CCCCCC1=O)OCCc1ccc(-c2ccccc2)cc1. The summed E-state index contributed by atoms with van der Waals surface area (Å²) in [5.41, 5.74) is 3.54. The Morgan fingerprint density at radius 1 is 0.966 bits per heavy atom. The topological polar surface area (TPSA) is 65.3 Å². The van der Waals surface area contributed by atoms with E-state index >= 15 is 0 Å². The summed E-state index contributed by atoms with van der Waals surface area (Å²) in [7, 11) is 0. The summed E-state index contributed by atoms with van der Waals surface area (Å²) >= 11 is 0. The van der Waals surface area contributed by atoms with Crippen molar-refractivity contribution in [3.05, 3.63) is 60.2 Å². The van der Waals surface area contributed by atoms with Gasteiger partial charge < -0.3 is 10.1 Å². The van der Waals surface area contributed by atoms with Gasteiger partial charge in [-0.15, -0.1) is 0 Å². The van der Waals surface area contributed by atoms with Crippen LogP contribution in [0.1, 0.15) is 44.1 Å². The van der Waals surface area contributed by atoms with Gasteiger partial charge in [0, 0.05) is 30.8 Å². The minimum atomic E-state index is -0.174. The molecule has 1 heterocycles. The molecular formula is C25H29NO3. The van der Waals surface area contributed by atoms with Crippen LogP contribution in [-0.4, -0.2) is 30.4 Å². The van der Waals surface area contributed by atoms with E-state index in [4.69, 9.17) is 4.74 Å². The van der Waals surface area contributed by atoms with Crippen LogP contribution in [0.4, 0.5) is 0 Å². The highest BCUT2D eigenvalue weighted by Gasteiger charge is 2.46. The number of hydrogen-bond acceptors (Lipinski definition) is 4. The Hall–Kier alpha value is -2.46. The van der Waals surface area contributed by atoms with E-state index in [0.29, 0.717) is 31.7 Å². The first-order valence-corrected chi connectivity index (χ1v) is 10.8. The number of esters is 1. The normalized spacial score (nSPS) is 24.0. The Labute approximate surface area is 172 Å². The Bertz CT molecular complexity index is 831. The van der Waals surface area contributed by atoms with Crippen molar-refractivity contribution in [3.8, 4) is 11.1 Å². The fraction of sp³-hybridized carbons (Fsp3) is 0.440. The zero-order chi connectivity index (χ0) is 20.1. The molecule has 1 N–H and O–H groups in total. The average molecular weight is 392 g/mol. The lowest BCUT2D eigenvalue weighted by Crippen LogP contribution is -2.22. The highest BCUT2D eigenvalue weighted by molar-refractivity contribution is 5.83. The van der Waals surface area contributed by atoms with E-state index in [1.54, 1.807) is 0 Å². The summed E-state index contributed by atoms with van der Waals surface area (Å²) in [6.45, 7) is 0.392. The van der Waals surface area contributed by atoms with E-state index in [1.807, 2.05) is 18.2 Å². The van der Waals surface area contributed by atoms with Crippen LogP contribution < -0.4 is 5.32 Å². The molecule has 0 amide bonds. The zero-order valence-electron chi connectivity index (χ0n) is 16.8. The summed E-state index contributed by atoms with van der Waals surface area (Å²) in [4.78, 5) is 24.4. The number of benzene rings is 2. The molecule has 4 heteroatoms. The number of nitrogens with one attached hydrogen (secondary N) is 1. The second kappa shape index (κ2) is 9.36. The minimum Gasteiger partial charge on any atom is -0.465 e. The van der Waals surface area contributed by atoms with E-state index in [9.17, 15) is 9.59 Å². The molecule has 29 heavy (non-hydrogen) atoms. The van der Waals surface area contributed by atoms with Crippen molar-refractivity contribution >= 4 is 11.8 Å². The molecule has 3 atom stereocenters. The fourth-order valence-corrected chi connectivity index (χ4v) is 4.36. The molecule has 0 spiro atoms. The molecule has 4 nitrogen and oxygen atoms in total. The number of ketones is 1. The first kappa shape index (κ1) is 19.8. The highest BCUT2D eigenvalue weighted by Crippen LogP contribution is 2.31. The van der Waals surface area contributed by atoms with Crippen molar-refractivity contribution < 1.29 is 14.3 Å². The summed E-state index contributed by atoms with van der Waals surface area (Å²) < 4.78 is 5.43. The predicted octanol–water partition coefficient (Wildman–Crippen LogP) is 4.32. The zero-order valence-corrected chi connectivity index (χ0v) is 16.8. The van der Waals surface area contributed by atoms with Gasteiger partial charge in [-0.25, -0.2) is 0 Å². The highest BCUT2D eigenvalue weighted by atomic mass is 16.5. The van der Waals surface area contributed by atoms with Crippen LogP contribution >= 0.6 is 0 Å². The quantitative estimate of drug-likeness (QED) is 0.434. The van der Waals surface area contributed by atoms with Gasteiger partial charge in [0.05, 0.1) is 13.0 Å². The summed E-state index contributed by atoms with van der Waals surface area (Å²) in [5, 5.41) is 3.34. The van der Waals surface area contributed by atoms with E-state index in [1.165, 1.54) is 11.1 Å². The molecule has 1 saturated heterocycles. The molecule has 2 aliphatic rings. The lowest BCUT2D eigenvalue weighted by Gasteiger charge is -2.10. The Morgan fingerprint density at radius 2 is 1.72 bits per heavy atom. The van der Waals surface area contributed by atoms with Crippen molar-refractivity contribution in [3.63, 3.8) is 0 Å². The Kier molecular flexibility index (Phi) is 6.40. The molecule has 2 aromatic carbocycles. The number of rotatable bonds is 7. The van der Waals surface area contributed by atoms with Gasteiger partial charge in [0.2, 0.25) is 0 Å². The van der Waals surface area contributed by atoms with Crippen molar-refractivity contribution in [2.24, 2.45) is 5.92 Å². The Morgan fingerprint density at radius 3 is 2.52 bits per heavy atom. The second-order valence-electron chi connectivity index (χ2n) is 8.21. The lowest BCUT2D eigenvalue weighted by atomic mass is 9.93. The molecule has 2 fully saturated rings. The van der Waals surface area contributed by atoms with E-state index in [2.05, 4.69) is 41.7 Å². The molecule has 2 aromatic rings. The summed E-state index contributed by atoms with van der Waals surface area (Å²) in [6, 6.07) is 19.0. The molecule has 1 aliphatic carbocycles. The van der Waals surface area contributed by atoms with Crippen molar-refractivity contribution in [2.45, 2.75) is 57.0 Å². The van der Waals surface area contributed by atoms with Crippen LogP contribution in [0.2, 0.25) is 0 Å². The average Bonchev–Trinajstić information content (AvgIpc) is 3.52. The predicted molar refractivity (Wildman–Crippen MR) is 113 cm³/mol. The van der Waals surface area contributed by atoms with Gasteiger partial charge in [0.25, 0.3) is 0 Å². The van der Waals surface area contributed by atoms with Crippen molar-refractivity contribution in [2.75, 3.05) is 6.61 Å². The maximum absolute atomic E-state index is 12.2. The second-order valence-corrected chi connectivity index (χ2v) is 8.21. The molecular weight excluding hydrogens is 362 g/mol. The first-order chi connectivity index (χ1) is 14.2. The molecule has 1 aliphatic heterocycles. The van der Waals surface area contributed by atoms with Crippen LogP contribution in [0, 0.1) is 5.92 Å². The van der Waals surface area contributed by atoms with Crippen molar-refractivity contribution in [1.29, 1.82) is 0 Å². The van der Waals surface area contributed by atoms with Crippen LogP contribution in [0.15, 0.2) is 54.6 Å². The van der Waals surface area contributed by atoms with Gasteiger partial charge in [-0.1, -0.05) is 67.4 Å². The van der Waals surface area contributed by atoms with Gasteiger partial charge in [-0.2, -0.15) is 0 Å². The molecule has 0 bridgehead atoms. The summed E-state index contributed by atoms with van der Waals surface area (Å²) in [5.74, 6) is 0.292. The van der Waals surface area contributed by atoms with E-state index < -0.39 is 0 Å².